The van der Waals surface area contributed by atoms with Crippen molar-refractivity contribution in [2.75, 3.05) is 6.26 Å². The maximum Gasteiger partial charge on any atom is 0.416 e. The Hall–Kier alpha value is -1.43. The fourth-order valence-corrected chi connectivity index (χ4v) is 4.76. The van der Waals surface area contributed by atoms with Crippen molar-refractivity contribution in [2.24, 2.45) is 0 Å². The molecule has 0 saturated heterocycles. The zero-order valence-electron chi connectivity index (χ0n) is 13.2. The highest BCUT2D eigenvalue weighted by Gasteiger charge is 2.30. The lowest BCUT2D eigenvalue weighted by molar-refractivity contribution is -0.137. The van der Waals surface area contributed by atoms with E-state index in [0.717, 1.165) is 24.5 Å². The van der Waals surface area contributed by atoms with Gasteiger partial charge in [0.05, 0.1) is 15.4 Å². The molecule has 0 aliphatic rings. The van der Waals surface area contributed by atoms with Gasteiger partial charge in [0.2, 0.25) is 10.0 Å². The van der Waals surface area contributed by atoms with Crippen molar-refractivity contribution >= 4 is 35.8 Å². The molecule has 142 valence electrons. The van der Waals surface area contributed by atoms with Crippen LogP contribution in [0.2, 0.25) is 0 Å². The maximum atomic E-state index is 12.7. The van der Waals surface area contributed by atoms with E-state index >= 15 is 0 Å². The van der Waals surface area contributed by atoms with Crippen LogP contribution in [0, 0.1) is 0 Å². The zero-order valence-corrected chi connectivity index (χ0v) is 16.4. The minimum atomic E-state index is -4.54. The van der Waals surface area contributed by atoms with Gasteiger partial charge in [0.1, 0.15) is 0 Å². The van der Waals surface area contributed by atoms with Crippen LogP contribution >= 0.6 is 15.9 Å². The SMILES string of the molecule is CS(=O)(=O)c1ccc(Br)c(S(=O)(=O)NCc2cccc(C(F)(F)F)c2)c1. The van der Waals surface area contributed by atoms with Crippen LogP contribution in [0.5, 0.6) is 0 Å². The molecule has 0 aromatic heterocycles. The quantitative estimate of drug-likeness (QED) is 0.724. The summed E-state index contributed by atoms with van der Waals surface area (Å²) in [6.07, 6.45) is -3.61. The average Bonchev–Trinajstić information content (AvgIpc) is 2.51. The molecule has 11 heteroatoms. The number of halogens is 4. The standard InChI is InChI=1S/C15H13BrF3NO4S2/c1-25(21,22)12-5-6-13(16)14(8-12)26(23,24)20-9-10-3-2-4-11(7-10)15(17,18)19/h2-8,20H,9H2,1H3. The lowest BCUT2D eigenvalue weighted by Gasteiger charge is -2.11. The van der Waals surface area contributed by atoms with Crippen molar-refractivity contribution in [2.45, 2.75) is 22.5 Å². The van der Waals surface area contributed by atoms with Gasteiger partial charge in [-0.15, -0.1) is 0 Å². The van der Waals surface area contributed by atoms with E-state index in [4.69, 9.17) is 0 Å². The van der Waals surface area contributed by atoms with Gasteiger partial charge in [-0.1, -0.05) is 18.2 Å². The maximum absolute atomic E-state index is 12.7. The molecule has 26 heavy (non-hydrogen) atoms. The third-order valence-electron chi connectivity index (χ3n) is 3.34. The first-order chi connectivity index (χ1) is 11.8. The Balaban J connectivity index is 2.31. The summed E-state index contributed by atoms with van der Waals surface area (Å²) in [5.74, 6) is 0. The molecular formula is C15H13BrF3NO4S2. The Bertz CT molecular complexity index is 1040. The Labute approximate surface area is 157 Å². The largest absolute Gasteiger partial charge is 0.416 e. The number of alkyl halides is 3. The summed E-state index contributed by atoms with van der Waals surface area (Å²) in [5.41, 5.74) is -0.784. The van der Waals surface area contributed by atoms with Crippen LogP contribution in [-0.2, 0) is 32.6 Å². The smallest absolute Gasteiger partial charge is 0.224 e. The summed E-state index contributed by atoms with van der Waals surface area (Å²) in [5, 5.41) is 0. The van der Waals surface area contributed by atoms with E-state index in [1.54, 1.807) is 0 Å². The van der Waals surface area contributed by atoms with Gasteiger partial charge in [-0.3, -0.25) is 0 Å². The highest BCUT2D eigenvalue weighted by molar-refractivity contribution is 9.10. The van der Waals surface area contributed by atoms with Crippen LogP contribution in [0.3, 0.4) is 0 Å². The van der Waals surface area contributed by atoms with Crippen LogP contribution < -0.4 is 4.72 Å². The number of nitrogens with one attached hydrogen (secondary N) is 1. The van der Waals surface area contributed by atoms with Gasteiger partial charge in [0, 0.05) is 17.3 Å². The van der Waals surface area contributed by atoms with Crippen molar-refractivity contribution in [3.8, 4) is 0 Å². The van der Waals surface area contributed by atoms with Crippen LogP contribution in [-0.4, -0.2) is 23.1 Å². The van der Waals surface area contributed by atoms with Gasteiger partial charge in [-0.2, -0.15) is 13.2 Å². The van der Waals surface area contributed by atoms with E-state index in [1.807, 2.05) is 0 Å². The molecule has 0 spiro atoms. The monoisotopic (exact) mass is 471 g/mol. The first-order valence-corrected chi connectivity index (χ1v) is 11.1. The number of rotatable bonds is 5. The van der Waals surface area contributed by atoms with E-state index in [0.29, 0.717) is 0 Å². The molecule has 0 atom stereocenters. The minimum Gasteiger partial charge on any atom is -0.224 e. The van der Waals surface area contributed by atoms with Crippen LogP contribution in [0.25, 0.3) is 0 Å². The Morgan fingerprint density at radius 1 is 1.04 bits per heavy atom. The van der Waals surface area contributed by atoms with E-state index in [-0.39, 0.29) is 26.4 Å². The molecule has 2 rings (SSSR count). The third kappa shape index (κ3) is 5.06. The molecule has 0 aliphatic heterocycles. The summed E-state index contributed by atoms with van der Waals surface area (Å²) < 4.78 is 88.5. The van der Waals surface area contributed by atoms with Gasteiger partial charge in [0.25, 0.3) is 0 Å². The van der Waals surface area contributed by atoms with E-state index in [1.165, 1.54) is 24.3 Å². The van der Waals surface area contributed by atoms with Crippen molar-refractivity contribution in [1.29, 1.82) is 0 Å². The Kier molecular flexibility index (Phi) is 5.86. The zero-order chi connectivity index (χ0) is 19.8. The van der Waals surface area contributed by atoms with Gasteiger partial charge < -0.3 is 0 Å². The molecule has 2 aromatic carbocycles. The molecule has 0 bridgehead atoms. The summed E-state index contributed by atoms with van der Waals surface area (Å²) in [7, 11) is -7.79. The molecular weight excluding hydrogens is 459 g/mol. The van der Waals surface area contributed by atoms with Crippen LogP contribution in [0.15, 0.2) is 56.7 Å². The van der Waals surface area contributed by atoms with Crippen molar-refractivity contribution < 1.29 is 30.0 Å². The molecule has 0 amide bonds. The van der Waals surface area contributed by atoms with Crippen molar-refractivity contribution in [3.63, 3.8) is 0 Å². The number of hydrogen-bond acceptors (Lipinski definition) is 4. The van der Waals surface area contributed by atoms with Crippen molar-refractivity contribution in [3.05, 3.63) is 58.1 Å². The average molecular weight is 472 g/mol. The topological polar surface area (TPSA) is 80.3 Å². The summed E-state index contributed by atoms with van der Waals surface area (Å²) in [6.45, 7) is -0.387. The van der Waals surface area contributed by atoms with Gasteiger partial charge >= 0.3 is 6.18 Å². The molecule has 0 heterocycles. The first kappa shape index (κ1) is 20.9. The van der Waals surface area contributed by atoms with E-state index < -0.39 is 31.6 Å². The van der Waals surface area contributed by atoms with Crippen LogP contribution in [0.4, 0.5) is 13.2 Å². The van der Waals surface area contributed by atoms with Crippen LogP contribution in [0.1, 0.15) is 11.1 Å². The number of hydrogen-bond donors (Lipinski definition) is 1. The third-order valence-corrected chi connectivity index (χ3v) is 6.85. The second-order valence-electron chi connectivity index (χ2n) is 5.39. The predicted octanol–water partition coefficient (Wildman–Crippen LogP) is 3.35. The molecule has 0 saturated carbocycles. The second kappa shape index (κ2) is 7.29. The number of sulfonamides is 1. The Morgan fingerprint density at radius 3 is 2.27 bits per heavy atom. The summed E-state index contributed by atoms with van der Waals surface area (Å²) in [6, 6.07) is 7.73. The molecule has 2 aromatic rings. The van der Waals surface area contributed by atoms with Gasteiger partial charge in [-0.25, -0.2) is 21.6 Å². The van der Waals surface area contributed by atoms with E-state index in [9.17, 15) is 30.0 Å². The fourth-order valence-electron chi connectivity index (χ4n) is 2.03. The Morgan fingerprint density at radius 2 is 1.69 bits per heavy atom. The van der Waals surface area contributed by atoms with Gasteiger partial charge in [0.15, 0.2) is 9.84 Å². The predicted molar refractivity (Wildman–Crippen MR) is 92.7 cm³/mol. The van der Waals surface area contributed by atoms with Crippen molar-refractivity contribution in [1.82, 2.24) is 4.72 Å². The molecule has 0 unspecified atom stereocenters. The first-order valence-electron chi connectivity index (χ1n) is 6.96. The lowest BCUT2D eigenvalue weighted by atomic mass is 10.1. The number of sulfone groups is 1. The second-order valence-corrected chi connectivity index (χ2v) is 9.99. The fraction of sp³-hybridized carbons (Fsp3) is 0.200. The molecule has 1 N–H and O–H groups in total. The summed E-state index contributed by atoms with van der Waals surface area (Å²) in [4.78, 5) is -0.521. The summed E-state index contributed by atoms with van der Waals surface area (Å²) >= 11 is 3.03. The molecule has 0 fully saturated rings. The molecule has 5 nitrogen and oxygen atoms in total. The van der Waals surface area contributed by atoms with E-state index in [2.05, 4.69) is 20.7 Å². The highest BCUT2D eigenvalue weighted by Crippen LogP contribution is 2.30. The lowest BCUT2D eigenvalue weighted by Crippen LogP contribution is -2.24. The van der Waals surface area contributed by atoms with Gasteiger partial charge in [-0.05, 0) is 45.8 Å². The normalized spacial score (nSPS) is 13.0. The minimum absolute atomic E-state index is 0.110. The molecule has 0 radical (unpaired) electrons. The highest BCUT2D eigenvalue weighted by atomic mass is 79.9. The molecule has 0 aliphatic carbocycles. The number of benzene rings is 2.